The molecule has 0 aliphatic carbocycles. The lowest BCUT2D eigenvalue weighted by Crippen LogP contribution is -2.30. The normalized spacial score (nSPS) is 10.7. The van der Waals surface area contributed by atoms with E-state index in [2.05, 4.69) is 15.5 Å². The van der Waals surface area contributed by atoms with Gasteiger partial charge in [0.05, 0.1) is 5.39 Å². The van der Waals surface area contributed by atoms with E-state index in [1.165, 1.54) is 6.92 Å². The van der Waals surface area contributed by atoms with Crippen molar-refractivity contribution >= 4 is 28.6 Å². The molecule has 0 unspecified atom stereocenters. The SMILES string of the molecule is CC(=O)c1nc(C(=O)NCC(=O)O)c(O)c2onc(-c3ccccc3)c12. The van der Waals surface area contributed by atoms with Gasteiger partial charge >= 0.3 is 5.97 Å². The molecule has 3 N–H and O–H groups in total. The van der Waals surface area contributed by atoms with E-state index < -0.39 is 35.6 Å². The Morgan fingerprint density at radius 2 is 1.85 bits per heavy atom. The van der Waals surface area contributed by atoms with E-state index in [9.17, 15) is 19.5 Å². The van der Waals surface area contributed by atoms with Crippen molar-refractivity contribution in [1.29, 1.82) is 0 Å². The number of nitrogens with zero attached hydrogens (tertiary/aromatic N) is 2. The van der Waals surface area contributed by atoms with Crippen LogP contribution in [-0.4, -0.2) is 44.6 Å². The Kier molecular flexibility index (Phi) is 4.36. The van der Waals surface area contributed by atoms with Crippen molar-refractivity contribution < 1.29 is 29.1 Å². The average molecular weight is 355 g/mol. The molecule has 0 bridgehead atoms. The highest BCUT2D eigenvalue weighted by Gasteiger charge is 2.27. The summed E-state index contributed by atoms with van der Waals surface area (Å²) in [5.74, 6) is -3.31. The van der Waals surface area contributed by atoms with Gasteiger partial charge in [-0.25, -0.2) is 4.98 Å². The number of hydrogen-bond acceptors (Lipinski definition) is 7. The van der Waals surface area contributed by atoms with E-state index in [0.29, 0.717) is 11.3 Å². The molecule has 3 rings (SSSR count). The lowest BCUT2D eigenvalue weighted by Gasteiger charge is -2.07. The smallest absolute Gasteiger partial charge is 0.322 e. The van der Waals surface area contributed by atoms with Gasteiger partial charge in [0.1, 0.15) is 17.9 Å². The lowest BCUT2D eigenvalue weighted by molar-refractivity contribution is -0.135. The Balaban J connectivity index is 2.21. The fourth-order valence-corrected chi connectivity index (χ4v) is 2.45. The minimum atomic E-state index is -1.27. The summed E-state index contributed by atoms with van der Waals surface area (Å²) in [5.41, 5.74) is 0.131. The maximum Gasteiger partial charge on any atom is 0.322 e. The number of Topliss-reactive ketones (excluding diaryl/α,β-unsaturated/α-hetero) is 1. The maximum absolute atomic E-state index is 12.1. The summed E-state index contributed by atoms with van der Waals surface area (Å²) in [7, 11) is 0. The highest BCUT2D eigenvalue weighted by Crippen LogP contribution is 2.36. The van der Waals surface area contributed by atoms with Crippen LogP contribution in [-0.2, 0) is 4.79 Å². The summed E-state index contributed by atoms with van der Waals surface area (Å²) in [6.45, 7) is 0.582. The van der Waals surface area contributed by atoms with Gasteiger partial charge in [-0.3, -0.25) is 14.4 Å². The molecule has 0 spiro atoms. The van der Waals surface area contributed by atoms with Gasteiger partial charge in [0.25, 0.3) is 5.91 Å². The zero-order valence-electron chi connectivity index (χ0n) is 13.5. The third kappa shape index (κ3) is 2.97. The topological polar surface area (TPSA) is 143 Å². The fraction of sp³-hybridized carbons (Fsp3) is 0.118. The van der Waals surface area contributed by atoms with Crippen molar-refractivity contribution in [3.63, 3.8) is 0 Å². The Morgan fingerprint density at radius 3 is 2.46 bits per heavy atom. The quantitative estimate of drug-likeness (QED) is 0.586. The highest BCUT2D eigenvalue weighted by molar-refractivity contribution is 6.13. The molecule has 0 radical (unpaired) electrons. The second kappa shape index (κ2) is 6.63. The molecule has 1 amide bonds. The summed E-state index contributed by atoms with van der Waals surface area (Å²) in [4.78, 5) is 38.7. The summed E-state index contributed by atoms with van der Waals surface area (Å²) in [5, 5.41) is 25.1. The number of carbonyl (C=O) groups is 3. The first-order chi connectivity index (χ1) is 12.4. The first kappa shape index (κ1) is 17.1. The number of aromatic nitrogens is 2. The maximum atomic E-state index is 12.1. The number of ketones is 1. The number of carboxylic acids is 1. The molecule has 0 saturated carbocycles. The molecule has 0 atom stereocenters. The molecule has 0 fully saturated rings. The zero-order chi connectivity index (χ0) is 18.8. The molecule has 1 aromatic carbocycles. The first-order valence-electron chi connectivity index (χ1n) is 7.48. The Morgan fingerprint density at radius 1 is 1.15 bits per heavy atom. The molecular formula is C17H13N3O6. The van der Waals surface area contributed by atoms with Gasteiger partial charge in [-0.15, -0.1) is 0 Å². The van der Waals surface area contributed by atoms with Crippen LogP contribution in [0.1, 0.15) is 27.9 Å². The van der Waals surface area contributed by atoms with Crippen LogP contribution < -0.4 is 5.32 Å². The van der Waals surface area contributed by atoms with Crippen molar-refractivity contribution in [2.24, 2.45) is 0 Å². The van der Waals surface area contributed by atoms with Gasteiger partial charge < -0.3 is 20.1 Å². The second-order valence-corrected chi connectivity index (χ2v) is 5.39. The summed E-state index contributed by atoms with van der Waals surface area (Å²) < 4.78 is 5.15. The lowest BCUT2D eigenvalue weighted by atomic mass is 10.0. The van der Waals surface area contributed by atoms with Gasteiger partial charge in [0.15, 0.2) is 17.2 Å². The van der Waals surface area contributed by atoms with Crippen LogP contribution in [0.25, 0.3) is 22.2 Å². The van der Waals surface area contributed by atoms with Crippen LogP contribution in [0.5, 0.6) is 5.75 Å². The van der Waals surface area contributed by atoms with Gasteiger partial charge in [-0.1, -0.05) is 35.5 Å². The predicted molar refractivity (Wildman–Crippen MR) is 88.9 cm³/mol. The van der Waals surface area contributed by atoms with Crippen molar-refractivity contribution in [2.75, 3.05) is 6.54 Å². The monoisotopic (exact) mass is 355 g/mol. The van der Waals surface area contributed by atoms with E-state index >= 15 is 0 Å². The van der Waals surface area contributed by atoms with E-state index in [1.54, 1.807) is 30.3 Å². The molecule has 132 valence electrons. The molecule has 0 aliphatic rings. The fourth-order valence-electron chi connectivity index (χ4n) is 2.45. The standard InChI is InChI=1S/C17H13N3O6/c1-8(21)12-11-13(9-5-3-2-4-6-9)20-26-16(11)15(24)14(19-12)17(25)18-7-10(22)23/h2-6,24H,7H2,1H3,(H,18,25)(H,22,23). The van der Waals surface area contributed by atoms with Crippen LogP contribution >= 0.6 is 0 Å². The van der Waals surface area contributed by atoms with Crippen molar-refractivity contribution in [2.45, 2.75) is 6.92 Å². The van der Waals surface area contributed by atoms with E-state index in [1.807, 2.05) is 0 Å². The predicted octanol–water partition coefficient (Wildman–Crippen LogP) is 1.61. The number of aliphatic carboxylic acids is 1. The van der Waals surface area contributed by atoms with Gasteiger partial charge in [-0.05, 0) is 0 Å². The van der Waals surface area contributed by atoms with Crippen LogP contribution in [0.3, 0.4) is 0 Å². The number of pyridine rings is 1. The Bertz CT molecular complexity index is 1030. The molecule has 9 nitrogen and oxygen atoms in total. The minimum Gasteiger partial charge on any atom is -0.503 e. The van der Waals surface area contributed by atoms with E-state index in [4.69, 9.17) is 9.63 Å². The largest absolute Gasteiger partial charge is 0.503 e. The molecule has 3 aromatic rings. The third-order valence-corrected chi connectivity index (χ3v) is 3.59. The van der Waals surface area contributed by atoms with Gasteiger partial charge in [-0.2, -0.15) is 0 Å². The van der Waals surface area contributed by atoms with Crippen LogP contribution in [0.15, 0.2) is 34.9 Å². The summed E-state index contributed by atoms with van der Waals surface area (Å²) in [6.07, 6.45) is 0. The average Bonchev–Trinajstić information content (AvgIpc) is 3.06. The van der Waals surface area contributed by atoms with Crippen molar-refractivity contribution in [3.05, 3.63) is 41.7 Å². The number of fused-ring (bicyclic) bond motifs is 1. The van der Waals surface area contributed by atoms with E-state index in [0.717, 1.165) is 0 Å². The Labute approximate surface area is 146 Å². The minimum absolute atomic E-state index is 0.113. The molecule has 0 aliphatic heterocycles. The number of rotatable bonds is 5. The molecule has 2 aromatic heterocycles. The number of nitrogens with one attached hydrogen (secondary N) is 1. The molecule has 9 heteroatoms. The highest BCUT2D eigenvalue weighted by atomic mass is 16.5. The van der Waals surface area contributed by atoms with Gasteiger partial charge in [0, 0.05) is 12.5 Å². The van der Waals surface area contributed by atoms with Crippen molar-refractivity contribution in [3.8, 4) is 17.0 Å². The second-order valence-electron chi connectivity index (χ2n) is 5.39. The number of benzene rings is 1. The third-order valence-electron chi connectivity index (χ3n) is 3.59. The first-order valence-corrected chi connectivity index (χ1v) is 7.48. The number of carboxylic acid groups (broad SMARTS) is 1. The van der Waals surface area contributed by atoms with Crippen molar-refractivity contribution in [1.82, 2.24) is 15.5 Å². The molecule has 2 heterocycles. The molecule has 0 saturated heterocycles. The number of amides is 1. The number of hydrogen-bond donors (Lipinski definition) is 3. The number of carbonyl (C=O) groups excluding carboxylic acids is 2. The van der Waals surface area contributed by atoms with Crippen LogP contribution in [0.4, 0.5) is 0 Å². The molecular weight excluding hydrogens is 342 g/mol. The summed E-state index contributed by atoms with van der Waals surface area (Å²) in [6, 6.07) is 8.82. The summed E-state index contributed by atoms with van der Waals surface area (Å²) >= 11 is 0. The van der Waals surface area contributed by atoms with Crippen LogP contribution in [0, 0.1) is 0 Å². The van der Waals surface area contributed by atoms with E-state index in [-0.39, 0.29) is 16.7 Å². The number of aromatic hydroxyl groups is 1. The molecule has 26 heavy (non-hydrogen) atoms. The van der Waals surface area contributed by atoms with Gasteiger partial charge in [0.2, 0.25) is 5.58 Å². The Hall–Kier alpha value is -3.75. The van der Waals surface area contributed by atoms with Crippen LogP contribution in [0.2, 0.25) is 0 Å². The zero-order valence-corrected chi connectivity index (χ0v) is 13.5.